The van der Waals surface area contributed by atoms with Crippen LogP contribution in [-0.2, 0) is 49.5 Å². The zero-order chi connectivity index (χ0) is 42.3. The average Bonchev–Trinajstić information content (AvgIpc) is 3.11. The first-order valence-electron chi connectivity index (χ1n) is 19.5. The Morgan fingerprint density at radius 3 is 1.93 bits per heavy atom. The number of nitrogens with one attached hydrogen (secondary N) is 5. The highest BCUT2D eigenvalue weighted by molar-refractivity contribution is 5.96. The predicted octanol–water partition coefficient (Wildman–Crippen LogP) is 4.43. The topological polar surface area (TPSA) is 217 Å². The van der Waals surface area contributed by atoms with Crippen molar-refractivity contribution in [2.24, 2.45) is 11.8 Å². The van der Waals surface area contributed by atoms with Crippen molar-refractivity contribution in [3.63, 3.8) is 0 Å². The molecule has 5 N–H and O–H groups in total. The van der Waals surface area contributed by atoms with Crippen LogP contribution in [-0.4, -0.2) is 91.4 Å². The van der Waals surface area contributed by atoms with Crippen LogP contribution in [0.3, 0.4) is 0 Å². The van der Waals surface area contributed by atoms with Crippen LogP contribution in [0.5, 0.6) is 0 Å². The van der Waals surface area contributed by atoms with Gasteiger partial charge in [-0.2, -0.15) is 0 Å². The normalized spacial score (nSPS) is 13.3. The molecule has 56 heavy (non-hydrogen) atoms. The summed E-state index contributed by atoms with van der Waals surface area (Å²) in [7, 11) is 0. The fraction of sp³-hybridized carbons (Fsp3) is 0.675. The van der Waals surface area contributed by atoms with Crippen LogP contribution in [0.15, 0.2) is 30.3 Å². The van der Waals surface area contributed by atoms with E-state index in [1.807, 2.05) is 26.8 Å². The molecule has 0 radical (unpaired) electrons. The number of amides is 5. The van der Waals surface area contributed by atoms with Gasteiger partial charge in [0.15, 0.2) is 0 Å². The minimum Gasteiger partial charge on any atom is -0.466 e. The van der Waals surface area contributed by atoms with Gasteiger partial charge in [-0.1, -0.05) is 71.4 Å². The van der Waals surface area contributed by atoms with Crippen molar-refractivity contribution in [1.82, 2.24) is 26.6 Å². The Labute approximate surface area is 331 Å². The molecule has 316 valence electrons. The highest BCUT2D eigenvalue weighted by atomic mass is 16.6. The lowest BCUT2D eigenvalue weighted by atomic mass is 10.0. The minimum atomic E-state index is -1.46. The SMILES string of the molecule is CCCCOC(=O)C[C@H](NC(=O)[C@@H](NC(=O)[C@H](CCCCNC(=O)OC(C)(C)C)NC(=O)OCc1ccccc1)C(C)C)C(=O)N[C@@H](CC(C)C)C(=O)OCC. The molecule has 0 unspecified atom stereocenters. The van der Waals surface area contributed by atoms with Gasteiger partial charge in [0.1, 0.15) is 36.4 Å². The molecule has 0 aliphatic heterocycles. The van der Waals surface area contributed by atoms with E-state index in [2.05, 4.69) is 26.6 Å². The summed E-state index contributed by atoms with van der Waals surface area (Å²) in [5.74, 6) is -4.20. The Bertz CT molecular complexity index is 1400. The van der Waals surface area contributed by atoms with Gasteiger partial charge < -0.3 is 45.5 Å². The summed E-state index contributed by atoms with van der Waals surface area (Å²) in [5.41, 5.74) is 0.0657. The molecule has 0 saturated heterocycles. The van der Waals surface area contributed by atoms with E-state index in [0.29, 0.717) is 19.3 Å². The van der Waals surface area contributed by atoms with Crippen LogP contribution in [0.4, 0.5) is 9.59 Å². The molecule has 5 amide bonds. The first-order chi connectivity index (χ1) is 26.4. The lowest BCUT2D eigenvalue weighted by Gasteiger charge is -2.28. The van der Waals surface area contributed by atoms with E-state index in [1.165, 1.54) is 0 Å². The quantitative estimate of drug-likeness (QED) is 0.0561. The molecule has 4 atom stereocenters. The maximum absolute atomic E-state index is 13.8. The molecule has 0 aliphatic carbocycles. The number of alkyl carbamates (subject to hydrolysis) is 2. The fourth-order valence-corrected chi connectivity index (χ4v) is 5.17. The van der Waals surface area contributed by atoms with Crippen molar-refractivity contribution in [3.8, 4) is 0 Å². The second-order valence-electron chi connectivity index (χ2n) is 15.2. The minimum absolute atomic E-state index is 0.00398. The molecule has 1 aromatic carbocycles. The zero-order valence-corrected chi connectivity index (χ0v) is 34.6. The van der Waals surface area contributed by atoms with Gasteiger partial charge in [-0.05, 0) is 77.2 Å². The molecule has 0 spiro atoms. The summed E-state index contributed by atoms with van der Waals surface area (Å²) < 4.78 is 21.0. The van der Waals surface area contributed by atoms with Crippen LogP contribution < -0.4 is 26.6 Å². The summed E-state index contributed by atoms with van der Waals surface area (Å²) in [6.07, 6.45) is 0.573. The molecule has 16 heteroatoms. The maximum Gasteiger partial charge on any atom is 0.408 e. The third kappa shape index (κ3) is 21.3. The largest absolute Gasteiger partial charge is 0.466 e. The Kier molecular flexibility index (Phi) is 22.9. The number of benzene rings is 1. The molecule has 0 fully saturated rings. The number of esters is 2. The number of hydrogen-bond acceptors (Lipinski definition) is 11. The van der Waals surface area contributed by atoms with Crippen molar-refractivity contribution in [2.45, 2.75) is 144 Å². The zero-order valence-electron chi connectivity index (χ0n) is 34.6. The monoisotopic (exact) mass is 791 g/mol. The highest BCUT2D eigenvalue weighted by Crippen LogP contribution is 2.12. The Balaban J connectivity index is 3.20. The predicted molar refractivity (Wildman–Crippen MR) is 209 cm³/mol. The van der Waals surface area contributed by atoms with Gasteiger partial charge in [0, 0.05) is 6.54 Å². The molecule has 1 rings (SSSR count). The average molecular weight is 792 g/mol. The third-order valence-electron chi connectivity index (χ3n) is 8.02. The molecular weight excluding hydrogens is 726 g/mol. The van der Waals surface area contributed by atoms with E-state index in [0.717, 1.165) is 12.0 Å². The lowest BCUT2D eigenvalue weighted by molar-refractivity contribution is -0.149. The van der Waals surface area contributed by atoms with E-state index in [1.54, 1.807) is 65.8 Å². The van der Waals surface area contributed by atoms with Crippen molar-refractivity contribution in [3.05, 3.63) is 35.9 Å². The van der Waals surface area contributed by atoms with Crippen molar-refractivity contribution in [2.75, 3.05) is 19.8 Å². The summed E-state index contributed by atoms with van der Waals surface area (Å²) in [6.45, 7) is 16.3. The van der Waals surface area contributed by atoms with Gasteiger partial charge in [0.25, 0.3) is 0 Å². The standard InChI is InChI=1S/C40H65N5O11/c1-10-12-22-54-32(46)24-30(35(48)43-31(23-26(3)4)37(50)53-11-2)42-36(49)33(27(5)6)45-34(47)29(20-16-17-21-41-38(51)56-40(7,8)9)44-39(52)55-25-28-18-14-13-15-19-28/h13-15,18-19,26-27,29-31,33H,10-12,16-17,20-25H2,1-9H3,(H,41,51)(H,42,49)(H,43,48)(H,44,52)(H,45,47)/t29-,30-,31-,33-/m0/s1. The second-order valence-corrected chi connectivity index (χ2v) is 15.2. The number of hydrogen-bond donors (Lipinski definition) is 5. The van der Waals surface area contributed by atoms with E-state index >= 15 is 0 Å². The smallest absolute Gasteiger partial charge is 0.408 e. The number of carbonyl (C=O) groups is 7. The van der Waals surface area contributed by atoms with Crippen molar-refractivity contribution < 1.29 is 52.5 Å². The van der Waals surface area contributed by atoms with Crippen LogP contribution in [0.1, 0.15) is 113 Å². The summed E-state index contributed by atoms with van der Waals surface area (Å²) in [6, 6.07) is 4.11. The van der Waals surface area contributed by atoms with Gasteiger partial charge in [-0.3, -0.25) is 19.2 Å². The van der Waals surface area contributed by atoms with Gasteiger partial charge in [0.2, 0.25) is 17.7 Å². The molecule has 0 heterocycles. The molecule has 0 aromatic heterocycles. The molecule has 1 aromatic rings. The molecule has 0 saturated carbocycles. The molecule has 0 aliphatic rings. The van der Waals surface area contributed by atoms with Crippen LogP contribution in [0.2, 0.25) is 0 Å². The highest BCUT2D eigenvalue weighted by Gasteiger charge is 2.34. The van der Waals surface area contributed by atoms with Crippen molar-refractivity contribution >= 4 is 41.8 Å². The van der Waals surface area contributed by atoms with Gasteiger partial charge in [0.05, 0.1) is 19.6 Å². The second kappa shape index (κ2) is 26.1. The van der Waals surface area contributed by atoms with Gasteiger partial charge in [-0.15, -0.1) is 0 Å². The van der Waals surface area contributed by atoms with Crippen molar-refractivity contribution in [1.29, 1.82) is 0 Å². The lowest BCUT2D eigenvalue weighted by Crippen LogP contribution is -2.59. The summed E-state index contributed by atoms with van der Waals surface area (Å²) in [5, 5.41) is 13.1. The Morgan fingerprint density at radius 2 is 1.34 bits per heavy atom. The Hall–Kier alpha value is -4.89. The van der Waals surface area contributed by atoms with Crippen LogP contribution in [0.25, 0.3) is 0 Å². The maximum atomic E-state index is 13.8. The number of ether oxygens (including phenoxy) is 4. The fourth-order valence-electron chi connectivity index (χ4n) is 5.17. The molecular formula is C40H65N5O11. The summed E-state index contributed by atoms with van der Waals surface area (Å²) in [4.78, 5) is 91.6. The molecule has 16 nitrogen and oxygen atoms in total. The van der Waals surface area contributed by atoms with Gasteiger partial charge in [-0.25, -0.2) is 14.4 Å². The van der Waals surface area contributed by atoms with Crippen LogP contribution >= 0.6 is 0 Å². The number of carbonyl (C=O) groups excluding carboxylic acids is 7. The van der Waals surface area contributed by atoms with E-state index < -0.39 is 84.0 Å². The number of rotatable bonds is 24. The third-order valence-corrected chi connectivity index (χ3v) is 8.02. The van der Waals surface area contributed by atoms with E-state index in [9.17, 15) is 33.6 Å². The Morgan fingerprint density at radius 1 is 0.696 bits per heavy atom. The van der Waals surface area contributed by atoms with E-state index in [4.69, 9.17) is 18.9 Å². The summed E-state index contributed by atoms with van der Waals surface area (Å²) >= 11 is 0. The molecule has 0 bridgehead atoms. The first-order valence-corrected chi connectivity index (χ1v) is 19.5. The van der Waals surface area contributed by atoms with Crippen LogP contribution in [0, 0.1) is 11.8 Å². The van der Waals surface area contributed by atoms with E-state index in [-0.39, 0.29) is 45.1 Å². The number of unbranched alkanes of at least 4 members (excludes halogenated alkanes) is 2. The van der Waals surface area contributed by atoms with Gasteiger partial charge >= 0.3 is 24.1 Å². The first kappa shape index (κ1) is 49.1.